The molecule has 0 saturated carbocycles. The number of carbonyl (C=O) groups excluding carboxylic acids is 2. The van der Waals surface area contributed by atoms with Gasteiger partial charge in [0, 0.05) is 26.1 Å². The summed E-state index contributed by atoms with van der Waals surface area (Å²) >= 11 is 0. The van der Waals surface area contributed by atoms with E-state index < -0.39 is 0 Å². The lowest BCUT2D eigenvalue weighted by Gasteiger charge is -2.12. The van der Waals surface area contributed by atoms with Crippen molar-refractivity contribution in [1.29, 1.82) is 0 Å². The van der Waals surface area contributed by atoms with Gasteiger partial charge in [-0.25, -0.2) is 4.79 Å². The summed E-state index contributed by atoms with van der Waals surface area (Å²) in [6.07, 6.45) is 1.66. The maximum atomic E-state index is 11.2. The average Bonchev–Trinajstić information content (AvgIpc) is 2.16. The molecule has 1 atom stereocenters. The van der Waals surface area contributed by atoms with Crippen LogP contribution in [0.5, 0.6) is 0 Å². The molecule has 0 aliphatic rings. The normalized spacial score (nSPS) is 11.7. The van der Waals surface area contributed by atoms with Crippen LogP contribution in [0.25, 0.3) is 0 Å². The van der Waals surface area contributed by atoms with Crippen LogP contribution in [0.3, 0.4) is 0 Å². The Morgan fingerprint density at radius 2 is 1.80 bits per heavy atom. The molecule has 0 aromatic heterocycles. The van der Waals surface area contributed by atoms with E-state index >= 15 is 0 Å². The Morgan fingerprint density at radius 1 is 1.20 bits per heavy atom. The van der Waals surface area contributed by atoms with Crippen molar-refractivity contribution in [2.45, 2.75) is 39.7 Å². The number of carbonyl (C=O) groups is 2. The molecule has 0 aliphatic heterocycles. The minimum atomic E-state index is -0.146. The highest BCUT2D eigenvalue weighted by Gasteiger charge is 2.03. The van der Waals surface area contributed by atoms with Gasteiger partial charge in [0.05, 0.1) is 0 Å². The molecule has 0 bridgehead atoms. The van der Waals surface area contributed by atoms with Crippen LogP contribution in [0.2, 0.25) is 0 Å². The van der Waals surface area contributed by atoms with Gasteiger partial charge in [-0.2, -0.15) is 0 Å². The fourth-order valence-corrected chi connectivity index (χ4v) is 0.932. The molecule has 15 heavy (non-hydrogen) atoms. The summed E-state index contributed by atoms with van der Waals surface area (Å²) < 4.78 is 0. The number of urea groups is 1. The summed E-state index contributed by atoms with van der Waals surface area (Å²) in [4.78, 5) is 21.7. The first-order valence-corrected chi connectivity index (χ1v) is 5.35. The maximum absolute atomic E-state index is 11.2. The first-order chi connectivity index (χ1) is 7.06. The standard InChI is InChI=1S/C10H21N3O2/c1-4-8(2)13-10(15)12-7-5-6-11-9(3)14/h8H,4-7H2,1-3H3,(H,11,14)(H2,12,13,15). The number of hydrogen-bond donors (Lipinski definition) is 3. The minimum absolute atomic E-state index is 0.0425. The number of amides is 3. The molecule has 0 aromatic rings. The smallest absolute Gasteiger partial charge is 0.314 e. The molecule has 88 valence electrons. The van der Waals surface area contributed by atoms with Crippen molar-refractivity contribution in [2.24, 2.45) is 0 Å². The van der Waals surface area contributed by atoms with Crippen molar-refractivity contribution in [2.75, 3.05) is 13.1 Å². The quantitative estimate of drug-likeness (QED) is 0.568. The van der Waals surface area contributed by atoms with Crippen molar-refractivity contribution >= 4 is 11.9 Å². The summed E-state index contributed by atoms with van der Waals surface area (Å²) in [5.41, 5.74) is 0. The van der Waals surface area contributed by atoms with Gasteiger partial charge in [-0.1, -0.05) is 6.92 Å². The van der Waals surface area contributed by atoms with Crippen LogP contribution >= 0.6 is 0 Å². The van der Waals surface area contributed by atoms with Crippen LogP contribution in [0, 0.1) is 0 Å². The van der Waals surface area contributed by atoms with Gasteiger partial charge in [0.2, 0.25) is 5.91 Å². The van der Waals surface area contributed by atoms with Gasteiger partial charge in [0.15, 0.2) is 0 Å². The van der Waals surface area contributed by atoms with Crippen molar-refractivity contribution in [3.05, 3.63) is 0 Å². The van der Waals surface area contributed by atoms with E-state index in [9.17, 15) is 9.59 Å². The molecule has 3 amide bonds. The Bertz CT molecular complexity index is 207. The molecule has 0 rings (SSSR count). The molecule has 0 aliphatic carbocycles. The largest absolute Gasteiger partial charge is 0.356 e. The van der Waals surface area contributed by atoms with E-state index in [1.807, 2.05) is 13.8 Å². The highest BCUT2D eigenvalue weighted by atomic mass is 16.2. The molecule has 5 heteroatoms. The van der Waals surface area contributed by atoms with Crippen molar-refractivity contribution in [1.82, 2.24) is 16.0 Å². The molecule has 0 spiro atoms. The van der Waals surface area contributed by atoms with E-state index in [4.69, 9.17) is 0 Å². The lowest BCUT2D eigenvalue weighted by molar-refractivity contribution is -0.118. The zero-order valence-electron chi connectivity index (χ0n) is 9.72. The molecule has 0 radical (unpaired) electrons. The van der Waals surface area contributed by atoms with E-state index in [1.54, 1.807) is 0 Å². The van der Waals surface area contributed by atoms with Gasteiger partial charge in [0.1, 0.15) is 0 Å². The van der Waals surface area contributed by atoms with E-state index in [0.717, 1.165) is 12.8 Å². The highest BCUT2D eigenvalue weighted by Crippen LogP contribution is 1.86. The lowest BCUT2D eigenvalue weighted by atomic mass is 10.3. The van der Waals surface area contributed by atoms with Crippen molar-refractivity contribution in [3.63, 3.8) is 0 Å². The van der Waals surface area contributed by atoms with E-state index in [1.165, 1.54) is 6.92 Å². The van der Waals surface area contributed by atoms with E-state index in [-0.39, 0.29) is 18.0 Å². The van der Waals surface area contributed by atoms with Crippen LogP contribution in [-0.2, 0) is 4.79 Å². The second kappa shape index (κ2) is 8.08. The van der Waals surface area contributed by atoms with Gasteiger partial charge < -0.3 is 16.0 Å². The number of nitrogens with one attached hydrogen (secondary N) is 3. The highest BCUT2D eigenvalue weighted by molar-refractivity contribution is 5.74. The number of hydrogen-bond acceptors (Lipinski definition) is 2. The zero-order valence-corrected chi connectivity index (χ0v) is 9.72. The molecule has 3 N–H and O–H groups in total. The molecular formula is C10H21N3O2. The van der Waals surface area contributed by atoms with Crippen LogP contribution in [0.4, 0.5) is 4.79 Å². The first kappa shape index (κ1) is 13.7. The third-order valence-electron chi connectivity index (χ3n) is 2.00. The van der Waals surface area contributed by atoms with Gasteiger partial charge >= 0.3 is 6.03 Å². The summed E-state index contributed by atoms with van der Waals surface area (Å²) in [5, 5.41) is 8.17. The Kier molecular flexibility index (Phi) is 7.40. The van der Waals surface area contributed by atoms with Crippen molar-refractivity contribution in [3.8, 4) is 0 Å². The molecular weight excluding hydrogens is 194 g/mol. The van der Waals surface area contributed by atoms with Gasteiger partial charge in [-0.05, 0) is 19.8 Å². The SMILES string of the molecule is CCC(C)NC(=O)NCCCNC(C)=O. The second-order valence-corrected chi connectivity index (χ2v) is 3.55. The van der Waals surface area contributed by atoms with Crippen molar-refractivity contribution < 1.29 is 9.59 Å². The first-order valence-electron chi connectivity index (χ1n) is 5.35. The second-order valence-electron chi connectivity index (χ2n) is 3.55. The zero-order chi connectivity index (χ0) is 11.7. The number of rotatable bonds is 6. The van der Waals surface area contributed by atoms with Crippen LogP contribution in [0.15, 0.2) is 0 Å². The monoisotopic (exact) mass is 215 g/mol. The Labute approximate surface area is 91.0 Å². The molecule has 0 aromatic carbocycles. The summed E-state index contributed by atoms with van der Waals surface area (Å²) in [5.74, 6) is -0.0425. The summed E-state index contributed by atoms with van der Waals surface area (Å²) in [6.45, 7) is 6.61. The predicted molar refractivity (Wildman–Crippen MR) is 59.6 cm³/mol. The Morgan fingerprint density at radius 3 is 2.33 bits per heavy atom. The summed E-state index contributed by atoms with van der Waals surface area (Å²) in [6, 6.07) is 0.0486. The molecule has 0 heterocycles. The summed E-state index contributed by atoms with van der Waals surface area (Å²) in [7, 11) is 0. The molecule has 0 saturated heterocycles. The van der Waals surface area contributed by atoms with E-state index in [2.05, 4.69) is 16.0 Å². The average molecular weight is 215 g/mol. The lowest BCUT2D eigenvalue weighted by Crippen LogP contribution is -2.41. The van der Waals surface area contributed by atoms with Crippen LogP contribution in [0.1, 0.15) is 33.6 Å². The van der Waals surface area contributed by atoms with Crippen LogP contribution < -0.4 is 16.0 Å². The van der Waals surface area contributed by atoms with Crippen LogP contribution in [-0.4, -0.2) is 31.1 Å². The van der Waals surface area contributed by atoms with Gasteiger partial charge in [0.25, 0.3) is 0 Å². The van der Waals surface area contributed by atoms with E-state index in [0.29, 0.717) is 13.1 Å². The molecule has 1 unspecified atom stereocenters. The van der Waals surface area contributed by atoms with Gasteiger partial charge in [-0.3, -0.25) is 4.79 Å². The third-order valence-corrected chi connectivity index (χ3v) is 2.00. The minimum Gasteiger partial charge on any atom is -0.356 e. The third kappa shape index (κ3) is 9.05. The Hall–Kier alpha value is -1.26. The topological polar surface area (TPSA) is 70.2 Å². The fourth-order valence-electron chi connectivity index (χ4n) is 0.932. The predicted octanol–water partition coefficient (Wildman–Crippen LogP) is 0.610. The van der Waals surface area contributed by atoms with Gasteiger partial charge in [-0.15, -0.1) is 0 Å². The maximum Gasteiger partial charge on any atom is 0.314 e. The molecule has 5 nitrogen and oxygen atoms in total. The Balaban J connectivity index is 3.35. The molecule has 0 fully saturated rings. The fraction of sp³-hybridized carbons (Fsp3) is 0.800.